The molecule has 2 atom stereocenters. The fourth-order valence-electron chi connectivity index (χ4n) is 3.81. The van der Waals surface area contributed by atoms with Crippen LogP contribution in [0.3, 0.4) is 0 Å². The van der Waals surface area contributed by atoms with Gasteiger partial charge in [0.05, 0.1) is 12.7 Å². The molecule has 1 heterocycles. The molecular formula is C24H33N3O2. The van der Waals surface area contributed by atoms with Crippen LogP contribution >= 0.6 is 0 Å². The molecule has 0 spiro atoms. The van der Waals surface area contributed by atoms with Crippen LogP contribution in [0.25, 0.3) is 0 Å². The molecule has 0 saturated carbocycles. The second kappa shape index (κ2) is 11.0. The molecule has 2 unspecified atom stereocenters. The molecule has 0 aliphatic carbocycles. The number of nitrogens with one attached hydrogen (secondary N) is 2. The highest BCUT2D eigenvalue weighted by atomic mass is 16.5. The van der Waals surface area contributed by atoms with Crippen molar-refractivity contribution in [1.82, 2.24) is 10.6 Å². The lowest BCUT2D eigenvalue weighted by atomic mass is 9.89. The maximum absolute atomic E-state index is 6.14. The number of aliphatic imine (C=N–C) groups is 1. The summed E-state index contributed by atoms with van der Waals surface area (Å²) in [6.45, 7) is 5.13. The van der Waals surface area contributed by atoms with Gasteiger partial charge in [-0.15, -0.1) is 0 Å². The van der Waals surface area contributed by atoms with E-state index in [1.165, 1.54) is 22.3 Å². The fourth-order valence-corrected chi connectivity index (χ4v) is 3.81. The Morgan fingerprint density at radius 3 is 2.69 bits per heavy atom. The van der Waals surface area contributed by atoms with Crippen molar-refractivity contribution in [1.29, 1.82) is 0 Å². The second-order valence-electron chi connectivity index (χ2n) is 7.66. The molecule has 0 amide bonds. The van der Waals surface area contributed by atoms with Crippen molar-refractivity contribution in [3.63, 3.8) is 0 Å². The highest BCUT2D eigenvalue weighted by molar-refractivity contribution is 5.79. The Morgan fingerprint density at radius 1 is 1.14 bits per heavy atom. The molecule has 5 heteroatoms. The number of benzene rings is 2. The molecule has 0 radical (unpaired) electrons. The minimum atomic E-state index is 0.140. The van der Waals surface area contributed by atoms with E-state index in [4.69, 9.17) is 9.47 Å². The maximum atomic E-state index is 6.14. The molecule has 2 aromatic rings. The predicted molar refractivity (Wildman–Crippen MR) is 118 cm³/mol. The highest BCUT2D eigenvalue weighted by Gasteiger charge is 2.27. The van der Waals surface area contributed by atoms with E-state index < -0.39 is 0 Å². The molecule has 0 aromatic heterocycles. The Hall–Kier alpha value is -2.37. The van der Waals surface area contributed by atoms with Gasteiger partial charge in [-0.1, -0.05) is 54.1 Å². The van der Waals surface area contributed by atoms with Crippen molar-refractivity contribution in [2.45, 2.75) is 39.0 Å². The summed E-state index contributed by atoms with van der Waals surface area (Å²) in [5.74, 6) is 1.24. The molecule has 2 N–H and O–H groups in total. The number of hydrogen-bond acceptors (Lipinski definition) is 3. The number of rotatable bonds is 7. The smallest absolute Gasteiger partial charge is 0.191 e. The van der Waals surface area contributed by atoms with Crippen molar-refractivity contribution >= 4 is 5.96 Å². The Balaban J connectivity index is 1.55. The molecule has 1 aliphatic heterocycles. The van der Waals surface area contributed by atoms with E-state index in [1.807, 2.05) is 7.05 Å². The summed E-state index contributed by atoms with van der Waals surface area (Å²) >= 11 is 0. The monoisotopic (exact) mass is 395 g/mol. The summed E-state index contributed by atoms with van der Waals surface area (Å²) in [7, 11) is 3.53. The molecule has 1 aliphatic rings. The molecule has 3 rings (SSSR count). The third kappa shape index (κ3) is 6.31. The van der Waals surface area contributed by atoms with Crippen LogP contribution in [0.2, 0.25) is 0 Å². The first-order valence-corrected chi connectivity index (χ1v) is 10.4. The number of nitrogens with zero attached hydrogens (tertiary/aromatic N) is 1. The van der Waals surface area contributed by atoms with Gasteiger partial charge in [0.1, 0.15) is 0 Å². The number of aryl methyl sites for hydroxylation is 1. The van der Waals surface area contributed by atoms with Crippen LogP contribution in [0.4, 0.5) is 0 Å². The Kier molecular flexibility index (Phi) is 8.08. The van der Waals surface area contributed by atoms with Gasteiger partial charge in [0.2, 0.25) is 0 Å². The lowest BCUT2D eigenvalue weighted by Gasteiger charge is -2.32. The SMILES string of the molecule is CN=C(NCc1cccc(COC)c1)NCC1CCCOC1c1ccc(C)cc1. The van der Waals surface area contributed by atoms with E-state index in [1.54, 1.807) is 7.11 Å². The quantitative estimate of drug-likeness (QED) is 0.550. The Morgan fingerprint density at radius 2 is 1.93 bits per heavy atom. The van der Waals surface area contributed by atoms with Crippen molar-refractivity contribution in [3.8, 4) is 0 Å². The fraction of sp³-hybridized carbons (Fsp3) is 0.458. The molecule has 156 valence electrons. The van der Waals surface area contributed by atoms with Crippen molar-refractivity contribution in [3.05, 3.63) is 70.8 Å². The average Bonchev–Trinajstić information content (AvgIpc) is 2.75. The maximum Gasteiger partial charge on any atom is 0.191 e. The summed E-state index contributed by atoms with van der Waals surface area (Å²) < 4.78 is 11.4. The molecule has 1 fully saturated rings. The first kappa shape index (κ1) is 21.3. The number of ether oxygens (including phenoxy) is 2. The van der Waals surface area contributed by atoms with E-state index in [9.17, 15) is 0 Å². The molecule has 2 aromatic carbocycles. The first-order chi connectivity index (χ1) is 14.2. The van der Waals surface area contributed by atoms with E-state index in [0.29, 0.717) is 12.5 Å². The zero-order valence-corrected chi connectivity index (χ0v) is 17.8. The molecule has 29 heavy (non-hydrogen) atoms. The van der Waals surface area contributed by atoms with Gasteiger partial charge in [0.25, 0.3) is 0 Å². The Labute approximate surface area is 174 Å². The summed E-state index contributed by atoms with van der Waals surface area (Å²) in [4.78, 5) is 4.38. The van der Waals surface area contributed by atoms with Gasteiger partial charge in [0.15, 0.2) is 5.96 Å². The largest absolute Gasteiger partial charge is 0.380 e. The van der Waals surface area contributed by atoms with E-state index in [2.05, 4.69) is 71.1 Å². The van der Waals surface area contributed by atoms with Gasteiger partial charge in [-0.3, -0.25) is 4.99 Å². The van der Waals surface area contributed by atoms with Crippen molar-refractivity contribution in [2.24, 2.45) is 10.9 Å². The highest BCUT2D eigenvalue weighted by Crippen LogP contribution is 2.33. The van der Waals surface area contributed by atoms with Gasteiger partial charge >= 0.3 is 0 Å². The molecule has 5 nitrogen and oxygen atoms in total. The third-order valence-electron chi connectivity index (χ3n) is 5.37. The normalized spacial score (nSPS) is 19.8. The standard InChI is InChI=1S/C24H33N3O2/c1-18-9-11-21(12-10-18)23-22(8-5-13-29-23)16-27-24(25-2)26-15-19-6-4-7-20(14-19)17-28-3/h4,6-7,9-12,14,22-23H,5,8,13,15-17H2,1-3H3,(H2,25,26,27). The van der Waals surface area contributed by atoms with Crippen molar-refractivity contribution < 1.29 is 9.47 Å². The Bertz CT molecular complexity index is 789. The van der Waals surface area contributed by atoms with Gasteiger partial charge in [-0.2, -0.15) is 0 Å². The minimum absolute atomic E-state index is 0.140. The van der Waals surface area contributed by atoms with Gasteiger partial charge in [0, 0.05) is 39.8 Å². The van der Waals surface area contributed by atoms with Crippen LogP contribution in [0.5, 0.6) is 0 Å². The van der Waals surface area contributed by atoms with Crippen molar-refractivity contribution in [2.75, 3.05) is 27.3 Å². The number of guanidine groups is 1. The average molecular weight is 396 g/mol. The zero-order valence-electron chi connectivity index (χ0n) is 17.8. The predicted octanol–water partition coefficient (Wildman–Crippen LogP) is 3.97. The topological polar surface area (TPSA) is 54.9 Å². The third-order valence-corrected chi connectivity index (χ3v) is 5.37. The summed E-state index contributed by atoms with van der Waals surface area (Å²) in [6, 6.07) is 17.1. The number of methoxy groups -OCH3 is 1. The van der Waals surface area contributed by atoms with Crippen LogP contribution in [0.15, 0.2) is 53.5 Å². The van der Waals surface area contributed by atoms with E-state index in [0.717, 1.165) is 38.5 Å². The van der Waals surface area contributed by atoms with Gasteiger partial charge < -0.3 is 20.1 Å². The lowest BCUT2D eigenvalue weighted by Crippen LogP contribution is -2.41. The van der Waals surface area contributed by atoms with Crippen LogP contribution in [0, 0.1) is 12.8 Å². The van der Waals surface area contributed by atoms with Crippen LogP contribution in [-0.4, -0.2) is 33.3 Å². The van der Waals surface area contributed by atoms with E-state index >= 15 is 0 Å². The molecule has 1 saturated heterocycles. The molecular weight excluding hydrogens is 362 g/mol. The summed E-state index contributed by atoms with van der Waals surface area (Å²) in [6.07, 6.45) is 2.40. The minimum Gasteiger partial charge on any atom is -0.380 e. The van der Waals surface area contributed by atoms with Gasteiger partial charge in [-0.25, -0.2) is 0 Å². The van der Waals surface area contributed by atoms with E-state index in [-0.39, 0.29) is 6.10 Å². The van der Waals surface area contributed by atoms with Crippen LogP contribution in [0.1, 0.15) is 41.2 Å². The summed E-state index contributed by atoms with van der Waals surface area (Å²) in [5.41, 5.74) is 4.93. The summed E-state index contributed by atoms with van der Waals surface area (Å²) in [5, 5.41) is 6.91. The van der Waals surface area contributed by atoms with Crippen LogP contribution in [-0.2, 0) is 22.6 Å². The lowest BCUT2D eigenvalue weighted by molar-refractivity contribution is -0.0265. The molecule has 0 bridgehead atoms. The zero-order chi connectivity index (χ0) is 20.5. The van der Waals surface area contributed by atoms with Crippen LogP contribution < -0.4 is 10.6 Å². The number of hydrogen-bond donors (Lipinski definition) is 2. The first-order valence-electron chi connectivity index (χ1n) is 10.4. The van der Waals surface area contributed by atoms with Gasteiger partial charge in [-0.05, 0) is 36.5 Å². The second-order valence-corrected chi connectivity index (χ2v) is 7.66.